The molecule has 1 amide bonds. The normalized spacial score (nSPS) is 11.8. The van der Waals surface area contributed by atoms with Crippen molar-refractivity contribution in [1.29, 1.82) is 0 Å². The number of nitrogens with one attached hydrogen (secondary N) is 1. The maximum atomic E-state index is 12.8. The first-order chi connectivity index (χ1) is 14.0. The topological polar surface area (TPSA) is 99.8 Å². The van der Waals surface area contributed by atoms with E-state index in [2.05, 4.69) is 5.32 Å². The summed E-state index contributed by atoms with van der Waals surface area (Å²) in [4.78, 5) is 36.8. The van der Waals surface area contributed by atoms with Crippen molar-refractivity contribution in [3.05, 3.63) is 65.0 Å². The smallest absolute Gasteiger partial charge is 0.347 e. The van der Waals surface area contributed by atoms with Crippen LogP contribution in [0.15, 0.2) is 58.1 Å². The minimum absolute atomic E-state index is 0.125. The van der Waals surface area contributed by atoms with Gasteiger partial charge in [-0.3, -0.25) is 9.59 Å². The summed E-state index contributed by atoms with van der Waals surface area (Å²) in [6, 6.07) is 10.2. The van der Waals surface area contributed by atoms with Crippen molar-refractivity contribution >= 4 is 22.6 Å². The van der Waals surface area contributed by atoms with Gasteiger partial charge in [-0.25, -0.2) is 4.79 Å². The Labute approximate surface area is 167 Å². The highest BCUT2D eigenvalue weighted by Crippen LogP contribution is 2.24. The summed E-state index contributed by atoms with van der Waals surface area (Å²) in [5.74, 6) is 0.230. The number of carbonyl (C=O) groups is 2. The average Bonchev–Trinajstić information content (AvgIpc) is 3.23. The lowest BCUT2D eigenvalue weighted by molar-refractivity contribution is -0.150. The number of benzene rings is 1. The number of hydrogen-bond acceptors (Lipinski definition) is 6. The van der Waals surface area contributed by atoms with Crippen LogP contribution >= 0.6 is 0 Å². The number of nitrogens with zero attached hydrogens (tertiary/aromatic N) is 1. The van der Waals surface area contributed by atoms with Crippen LogP contribution in [-0.2, 0) is 27.4 Å². The third kappa shape index (κ3) is 4.84. The van der Waals surface area contributed by atoms with Crippen LogP contribution in [0.5, 0.6) is 5.75 Å². The molecule has 0 spiro atoms. The lowest BCUT2D eigenvalue weighted by Crippen LogP contribution is -2.31. The van der Waals surface area contributed by atoms with Crippen LogP contribution in [0.25, 0.3) is 10.8 Å². The van der Waals surface area contributed by atoms with Gasteiger partial charge >= 0.3 is 5.97 Å². The van der Waals surface area contributed by atoms with Crippen LogP contribution < -0.4 is 15.6 Å². The van der Waals surface area contributed by atoms with E-state index in [4.69, 9.17) is 13.9 Å². The predicted molar refractivity (Wildman–Crippen MR) is 105 cm³/mol. The molecule has 0 radical (unpaired) electrons. The molecule has 0 fully saturated rings. The van der Waals surface area contributed by atoms with Crippen LogP contribution in [0, 0.1) is 0 Å². The van der Waals surface area contributed by atoms with Gasteiger partial charge in [0.05, 0.1) is 24.8 Å². The molecule has 3 aromatic rings. The molecule has 0 aliphatic heterocycles. The molecule has 1 aromatic carbocycles. The SMILES string of the molecule is CCOC(=O)[C@H](C)Oc1cccc2c(=O)n(CC(=O)NCc3ccco3)ccc12. The van der Waals surface area contributed by atoms with Gasteiger partial charge in [0, 0.05) is 11.6 Å². The molecule has 1 atom stereocenters. The maximum absolute atomic E-state index is 12.8. The minimum Gasteiger partial charge on any atom is -0.478 e. The molecule has 8 heteroatoms. The summed E-state index contributed by atoms with van der Waals surface area (Å²) in [7, 11) is 0. The second kappa shape index (κ2) is 9.09. The van der Waals surface area contributed by atoms with Gasteiger partial charge in [0.15, 0.2) is 6.10 Å². The Hall–Kier alpha value is -3.55. The van der Waals surface area contributed by atoms with Crippen molar-refractivity contribution in [1.82, 2.24) is 9.88 Å². The second-order valence-corrected chi connectivity index (χ2v) is 6.33. The zero-order chi connectivity index (χ0) is 20.8. The van der Waals surface area contributed by atoms with E-state index >= 15 is 0 Å². The molecule has 0 aliphatic rings. The number of amides is 1. The number of fused-ring (bicyclic) bond motifs is 1. The van der Waals surface area contributed by atoms with Gasteiger partial charge in [0.1, 0.15) is 18.1 Å². The van der Waals surface area contributed by atoms with E-state index in [0.717, 1.165) is 0 Å². The number of carbonyl (C=O) groups excluding carboxylic acids is 2. The number of rotatable bonds is 8. The van der Waals surface area contributed by atoms with Crippen LogP contribution in [0.3, 0.4) is 0 Å². The predicted octanol–water partition coefficient (Wildman–Crippen LogP) is 2.24. The highest BCUT2D eigenvalue weighted by atomic mass is 16.6. The fraction of sp³-hybridized carbons (Fsp3) is 0.286. The third-order valence-corrected chi connectivity index (χ3v) is 4.25. The molecule has 2 heterocycles. The summed E-state index contributed by atoms with van der Waals surface area (Å²) < 4.78 is 17.1. The van der Waals surface area contributed by atoms with Gasteiger partial charge in [-0.2, -0.15) is 0 Å². The summed E-state index contributed by atoms with van der Waals surface area (Å²) in [6.07, 6.45) is 2.24. The van der Waals surface area contributed by atoms with Gasteiger partial charge < -0.3 is 23.8 Å². The van der Waals surface area contributed by atoms with Crippen molar-refractivity contribution in [3.8, 4) is 5.75 Å². The van der Waals surface area contributed by atoms with Crippen LogP contribution in [0.2, 0.25) is 0 Å². The number of aromatic nitrogens is 1. The third-order valence-electron chi connectivity index (χ3n) is 4.25. The summed E-state index contributed by atoms with van der Waals surface area (Å²) in [5.41, 5.74) is -0.329. The molecule has 8 nitrogen and oxygen atoms in total. The molecule has 0 saturated carbocycles. The second-order valence-electron chi connectivity index (χ2n) is 6.33. The van der Waals surface area contributed by atoms with Crippen LogP contribution in [0.1, 0.15) is 19.6 Å². The minimum atomic E-state index is -0.810. The Morgan fingerprint density at radius 1 is 1.17 bits per heavy atom. The van der Waals surface area contributed by atoms with Crippen molar-refractivity contribution in [3.63, 3.8) is 0 Å². The summed E-state index contributed by atoms with van der Waals surface area (Å²) >= 11 is 0. The first kappa shape index (κ1) is 20.2. The molecule has 152 valence electrons. The Morgan fingerprint density at radius 2 is 2.00 bits per heavy atom. The largest absolute Gasteiger partial charge is 0.478 e. The number of pyridine rings is 1. The Bertz CT molecular complexity index is 1050. The van der Waals surface area contributed by atoms with E-state index < -0.39 is 12.1 Å². The van der Waals surface area contributed by atoms with Crippen molar-refractivity contribution < 1.29 is 23.5 Å². The Balaban J connectivity index is 1.76. The first-order valence-electron chi connectivity index (χ1n) is 9.24. The molecule has 0 unspecified atom stereocenters. The molecule has 0 aliphatic carbocycles. The quantitative estimate of drug-likeness (QED) is 0.584. The monoisotopic (exact) mass is 398 g/mol. The van der Waals surface area contributed by atoms with Crippen LogP contribution in [-0.4, -0.2) is 29.2 Å². The van der Waals surface area contributed by atoms with E-state index in [1.807, 2.05) is 0 Å². The molecule has 0 bridgehead atoms. The molecular weight excluding hydrogens is 376 g/mol. The molecule has 29 heavy (non-hydrogen) atoms. The lowest BCUT2D eigenvalue weighted by atomic mass is 10.1. The van der Waals surface area contributed by atoms with E-state index in [1.165, 1.54) is 17.0 Å². The van der Waals surface area contributed by atoms with Crippen molar-refractivity contribution in [2.75, 3.05) is 6.61 Å². The van der Waals surface area contributed by atoms with E-state index in [-0.39, 0.29) is 31.2 Å². The lowest BCUT2D eigenvalue weighted by Gasteiger charge is -2.15. The van der Waals surface area contributed by atoms with E-state index in [0.29, 0.717) is 22.3 Å². The Morgan fingerprint density at radius 3 is 2.72 bits per heavy atom. The van der Waals surface area contributed by atoms with E-state index in [1.54, 1.807) is 50.2 Å². The average molecular weight is 398 g/mol. The van der Waals surface area contributed by atoms with Gasteiger partial charge in [-0.05, 0) is 44.2 Å². The molecular formula is C21H22N2O6. The number of hydrogen-bond donors (Lipinski definition) is 1. The number of esters is 1. The maximum Gasteiger partial charge on any atom is 0.347 e. The van der Waals surface area contributed by atoms with Gasteiger partial charge in [-0.1, -0.05) is 6.07 Å². The number of furan rings is 1. The molecule has 1 N–H and O–H groups in total. The number of ether oxygens (including phenoxy) is 2. The zero-order valence-corrected chi connectivity index (χ0v) is 16.2. The fourth-order valence-corrected chi connectivity index (χ4v) is 2.82. The fourth-order valence-electron chi connectivity index (χ4n) is 2.82. The summed E-state index contributed by atoms with van der Waals surface area (Å²) in [5, 5.41) is 3.65. The van der Waals surface area contributed by atoms with Gasteiger partial charge in [-0.15, -0.1) is 0 Å². The van der Waals surface area contributed by atoms with Crippen molar-refractivity contribution in [2.24, 2.45) is 0 Å². The first-order valence-corrected chi connectivity index (χ1v) is 9.24. The molecule has 0 saturated heterocycles. The van der Waals surface area contributed by atoms with Crippen molar-refractivity contribution in [2.45, 2.75) is 33.0 Å². The highest BCUT2D eigenvalue weighted by Gasteiger charge is 2.18. The zero-order valence-electron chi connectivity index (χ0n) is 16.2. The summed E-state index contributed by atoms with van der Waals surface area (Å²) in [6.45, 7) is 3.68. The standard InChI is InChI=1S/C21H22N2O6/c1-3-27-21(26)14(2)29-18-8-4-7-17-16(18)9-10-23(20(17)25)13-19(24)22-12-15-6-5-11-28-15/h4-11,14H,3,12-13H2,1-2H3,(H,22,24)/t14-/m0/s1. The highest BCUT2D eigenvalue weighted by molar-refractivity contribution is 5.88. The Kier molecular flexibility index (Phi) is 6.33. The van der Waals surface area contributed by atoms with Gasteiger partial charge in [0.25, 0.3) is 5.56 Å². The van der Waals surface area contributed by atoms with Crippen LogP contribution in [0.4, 0.5) is 0 Å². The van der Waals surface area contributed by atoms with Gasteiger partial charge in [0.2, 0.25) is 5.91 Å². The molecule has 2 aromatic heterocycles. The molecule has 3 rings (SSSR count). The van der Waals surface area contributed by atoms with E-state index in [9.17, 15) is 14.4 Å².